The van der Waals surface area contributed by atoms with Crippen LogP contribution in [-0.2, 0) is 0 Å². The third-order valence-electron chi connectivity index (χ3n) is 3.63. The van der Waals surface area contributed by atoms with E-state index in [0.717, 1.165) is 30.4 Å². The van der Waals surface area contributed by atoms with Crippen LogP contribution in [0.3, 0.4) is 0 Å². The van der Waals surface area contributed by atoms with Crippen molar-refractivity contribution in [2.24, 2.45) is 5.73 Å². The number of nitrogens with one attached hydrogen (secondary N) is 1. The maximum absolute atomic E-state index is 12.4. The molecule has 1 unspecified atom stereocenters. The fourth-order valence-corrected chi connectivity index (χ4v) is 2.32. The van der Waals surface area contributed by atoms with Crippen LogP contribution in [0.2, 0.25) is 0 Å². The van der Waals surface area contributed by atoms with E-state index in [2.05, 4.69) is 17.2 Å². The molecule has 0 aliphatic rings. The predicted molar refractivity (Wildman–Crippen MR) is 89.5 cm³/mol. The first-order valence-corrected chi connectivity index (χ1v) is 7.76. The van der Waals surface area contributed by atoms with Crippen LogP contribution in [0.25, 0.3) is 11.1 Å². The fourth-order valence-electron chi connectivity index (χ4n) is 2.32. The molecule has 0 spiro atoms. The van der Waals surface area contributed by atoms with E-state index in [9.17, 15) is 4.79 Å². The summed E-state index contributed by atoms with van der Waals surface area (Å²) in [5.41, 5.74) is 8.28. The molecule has 1 heterocycles. The highest BCUT2D eigenvalue weighted by molar-refractivity contribution is 5.95. The van der Waals surface area contributed by atoms with Gasteiger partial charge in [-0.25, -0.2) is 0 Å². The van der Waals surface area contributed by atoms with Crippen LogP contribution in [0, 0.1) is 0 Å². The minimum absolute atomic E-state index is 0.0211. The smallest absolute Gasteiger partial charge is 0.253 e. The Morgan fingerprint density at radius 1 is 1.23 bits per heavy atom. The number of nitrogens with zero attached hydrogens (tertiary/aromatic N) is 1. The Kier molecular flexibility index (Phi) is 6.10. The van der Waals surface area contributed by atoms with Crippen LogP contribution in [0.15, 0.2) is 48.8 Å². The maximum Gasteiger partial charge on any atom is 0.253 e. The molecule has 116 valence electrons. The molecule has 0 radical (unpaired) electrons. The van der Waals surface area contributed by atoms with E-state index in [-0.39, 0.29) is 11.9 Å². The van der Waals surface area contributed by atoms with Crippen molar-refractivity contribution in [1.82, 2.24) is 10.3 Å². The van der Waals surface area contributed by atoms with Gasteiger partial charge in [0.15, 0.2) is 0 Å². The number of pyridine rings is 1. The van der Waals surface area contributed by atoms with Crippen molar-refractivity contribution < 1.29 is 4.79 Å². The summed E-state index contributed by atoms with van der Waals surface area (Å²) in [6, 6.07) is 11.8. The highest BCUT2D eigenvalue weighted by Gasteiger charge is 2.13. The number of rotatable bonds is 7. The van der Waals surface area contributed by atoms with Crippen molar-refractivity contribution in [2.45, 2.75) is 32.2 Å². The van der Waals surface area contributed by atoms with Crippen molar-refractivity contribution in [2.75, 3.05) is 6.54 Å². The average Bonchev–Trinajstić information content (AvgIpc) is 2.59. The molecule has 1 amide bonds. The molecule has 1 aromatic carbocycles. The standard InChI is InChI=1S/C18H23N3O/c1-2-3-9-17(11-19)21-18(22)16-10-15(12-20-13-16)14-7-5-4-6-8-14/h4-8,10,12-13,17H,2-3,9,11,19H2,1H3,(H,21,22). The third-order valence-corrected chi connectivity index (χ3v) is 3.63. The van der Waals surface area contributed by atoms with Gasteiger partial charge in [0.05, 0.1) is 5.56 Å². The molecule has 1 aromatic heterocycles. The molecule has 4 heteroatoms. The average molecular weight is 297 g/mol. The van der Waals surface area contributed by atoms with E-state index < -0.39 is 0 Å². The SMILES string of the molecule is CCCCC(CN)NC(=O)c1cncc(-c2ccccc2)c1. The van der Waals surface area contributed by atoms with Crippen LogP contribution in [0.5, 0.6) is 0 Å². The van der Waals surface area contributed by atoms with Crippen molar-refractivity contribution >= 4 is 5.91 Å². The third kappa shape index (κ3) is 4.40. The number of unbranched alkanes of at least 4 members (excludes halogenated alkanes) is 1. The Morgan fingerprint density at radius 2 is 2.00 bits per heavy atom. The second-order valence-electron chi connectivity index (χ2n) is 5.38. The van der Waals surface area contributed by atoms with Crippen LogP contribution < -0.4 is 11.1 Å². The Morgan fingerprint density at radius 3 is 2.68 bits per heavy atom. The van der Waals surface area contributed by atoms with Gasteiger partial charge in [-0.05, 0) is 18.1 Å². The molecule has 0 saturated heterocycles. The number of benzene rings is 1. The lowest BCUT2D eigenvalue weighted by atomic mass is 10.1. The van der Waals surface area contributed by atoms with E-state index in [1.54, 1.807) is 12.4 Å². The Balaban J connectivity index is 2.10. The minimum Gasteiger partial charge on any atom is -0.348 e. The van der Waals surface area contributed by atoms with E-state index >= 15 is 0 Å². The predicted octanol–water partition coefficient (Wildman–Crippen LogP) is 3.00. The highest BCUT2D eigenvalue weighted by Crippen LogP contribution is 2.18. The summed E-state index contributed by atoms with van der Waals surface area (Å²) in [6.45, 7) is 2.58. The van der Waals surface area contributed by atoms with E-state index in [0.29, 0.717) is 12.1 Å². The van der Waals surface area contributed by atoms with Crippen LogP contribution >= 0.6 is 0 Å². The van der Waals surface area contributed by atoms with Gasteiger partial charge < -0.3 is 11.1 Å². The molecule has 22 heavy (non-hydrogen) atoms. The molecule has 0 bridgehead atoms. The summed E-state index contributed by atoms with van der Waals surface area (Å²) in [7, 11) is 0. The quantitative estimate of drug-likeness (QED) is 0.825. The zero-order valence-corrected chi connectivity index (χ0v) is 13.0. The lowest BCUT2D eigenvalue weighted by Crippen LogP contribution is -2.40. The summed E-state index contributed by atoms with van der Waals surface area (Å²) in [4.78, 5) is 16.5. The largest absolute Gasteiger partial charge is 0.348 e. The topological polar surface area (TPSA) is 68.0 Å². The monoisotopic (exact) mass is 297 g/mol. The number of carbonyl (C=O) groups excluding carboxylic acids is 1. The lowest BCUT2D eigenvalue weighted by molar-refractivity contribution is 0.0935. The van der Waals surface area contributed by atoms with Gasteiger partial charge in [0.25, 0.3) is 5.91 Å². The van der Waals surface area contributed by atoms with Crippen LogP contribution in [0.1, 0.15) is 36.5 Å². The van der Waals surface area contributed by atoms with Gasteiger partial charge in [-0.3, -0.25) is 9.78 Å². The van der Waals surface area contributed by atoms with Crippen LogP contribution in [0.4, 0.5) is 0 Å². The molecular weight excluding hydrogens is 274 g/mol. The molecule has 4 nitrogen and oxygen atoms in total. The summed E-state index contributed by atoms with van der Waals surface area (Å²) in [6.07, 6.45) is 6.42. The first-order valence-electron chi connectivity index (χ1n) is 7.76. The summed E-state index contributed by atoms with van der Waals surface area (Å²) >= 11 is 0. The van der Waals surface area contributed by atoms with E-state index in [4.69, 9.17) is 5.73 Å². The van der Waals surface area contributed by atoms with Gasteiger partial charge in [0.2, 0.25) is 0 Å². The molecule has 0 aliphatic carbocycles. The Bertz CT molecular complexity index is 598. The highest BCUT2D eigenvalue weighted by atomic mass is 16.1. The van der Waals surface area contributed by atoms with Gasteiger partial charge in [0, 0.05) is 30.5 Å². The molecule has 0 fully saturated rings. The minimum atomic E-state index is -0.114. The second kappa shape index (κ2) is 8.29. The van der Waals surface area contributed by atoms with Gasteiger partial charge in [0.1, 0.15) is 0 Å². The van der Waals surface area contributed by atoms with Crippen molar-refractivity contribution in [3.63, 3.8) is 0 Å². The van der Waals surface area contributed by atoms with Crippen molar-refractivity contribution in [3.05, 3.63) is 54.4 Å². The maximum atomic E-state index is 12.4. The van der Waals surface area contributed by atoms with Gasteiger partial charge >= 0.3 is 0 Å². The number of amides is 1. The zero-order valence-electron chi connectivity index (χ0n) is 13.0. The molecule has 2 rings (SSSR count). The second-order valence-corrected chi connectivity index (χ2v) is 5.38. The fraction of sp³-hybridized carbons (Fsp3) is 0.333. The van der Waals surface area contributed by atoms with E-state index in [1.165, 1.54) is 0 Å². The normalized spacial score (nSPS) is 11.9. The van der Waals surface area contributed by atoms with E-state index in [1.807, 2.05) is 36.4 Å². The Labute approximate surface area is 131 Å². The summed E-state index contributed by atoms with van der Waals surface area (Å²) in [5.74, 6) is -0.114. The molecule has 1 atom stereocenters. The Hall–Kier alpha value is -2.20. The number of hydrogen-bond acceptors (Lipinski definition) is 3. The van der Waals surface area contributed by atoms with Crippen molar-refractivity contribution in [1.29, 1.82) is 0 Å². The molecule has 2 aromatic rings. The number of hydrogen-bond donors (Lipinski definition) is 2. The molecule has 0 saturated carbocycles. The first-order chi connectivity index (χ1) is 10.7. The summed E-state index contributed by atoms with van der Waals surface area (Å²) in [5, 5.41) is 2.99. The first kappa shape index (κ1) is 16.2. The number of carbonyl (C=O) groups is 1. The van der Waals surface area contributed by atoms with Gasteiger partial charge in [-0.15, -0.1) is 0 Å². The van der Waals surface area contributed by atoms with Crippen LogP contribution in [-0.4, -0.2) is 23.5 Å². The molecule has 0 aliphatic heterocycles. The number of nitrogens with two attached hydrogens (primary N) is 1. The van der Waals surface area contributed by atoms with Gasteiger partial charge in [-0.2, -0.15) is 0 Å². The molecule has 3 N–H and O–H groups in total. The lowest BCUT2D eigenvalue weighted by Gasteiger charge is -2.16. The zero-order chi connectivity index (χ0) is 15.8. The molecular formula is C18H23N3O. The summed E-state index contributed by atoms with van der Waals surface area (Å²) < 4.78 is 0. The van der Waals surface area contributed by atoms with Gasteiger partial charge in [-0.1, -0.05) is 50.1 Å². The van der Waals surface area contributed by atoms with Crippen molar-refractivity contribution in [3.8, 4) is 11.1 Å². The number of aromatic nitrogens is 1.